The van der Waals surface area contributed by atoms with E-state index in [-0.39, 0.29) is 12.3 Å². The Morgan fingerprint density at radius 1 is 1.29 bits per heavy atom. The van der Waals surface area contributed by atoms with Gasteiger partial charge >= 0.3 is 5.97 Å². The summed E-state index contributed by atoms with van der Waals surface area (Å²) in [5.41, 5.74) is 3.11. The molecule has 0 bridgehead atoms. The van der Waals surface area contributed by atoms with Crippen LogP contribution in [0.4, 0.5) is 0 Å². The van der Waals surface area contributed by atoms with E-state index in [9.17, 15) is 9.59 Å². The number of aromatic nitrogens is 3. The lowest BCUT2D eigenvalue weighted by Crippen LogP contribution is -2.27. The monoisotopic (exact) mass is 325 g/mol. The number of carbonyl (C=O) groups excluding carboxylic acids is 2. The van der Waals surface area contributed by atoms with Gasteiger partial charge in [-0.1, -0.05) is 18.2 Å². The van der Waals surface area contributed by atoms with Crippen molar-refractivity contribution in [2.45, 2.75) is 33.4 Å². The molecule has 0 aliphatic rings. The number of Topliss-reactive ketones (excluding diaryl/α,β-unsaturated/α-hetero) is 1. The number of fused-ring (bicyclic) bond motifs is 1. The number of esters is 1. The van der Waals surface area contributed by atoms with Crippen LogP contribution in [-0.2, 0) is 16.1 Å². The molecule has 1 N–H and O–H groups in total. The molecule has 0 aliphatic heterocycles. The van der Waals surface area contributed by atoms with Crippen molar-refractivity contribution in [1.29, 1.82) is 0 Å². The zero-order valence-electron chi connectivity index (χ0n) is 13.9. The predicted octanol–water partition coefficient (Wildman–Crippen LogP) is 2.80. The van der Waals surface area contributed by atoms with Crippen LogP contribution in [0.25, 0.3) is 10.9 Å². The normalized spacial score (nSPS) is 12.3. The maximum atomic E-state index is 12.6. The average Bonchev–Trinajstić information content (AvgIpc) is 3.09. The number of rotatable bonds is 5. The number of benzene rings is 1. The Bertz CT molecular complexity index is 907. The second-order valence-electron chi connectivity index (χ2n) is 5.83. The summed E-state index contributed by atoms with van der Waals surface area (Å²) >= 11 is 0. The molecule has 1 atom stereocenters. The smallest absolute Gasteiger partial charge is 0.328 e. The molecule has 6 heteroatoms. The Morgan fingerprint density at radius 3 is 2.75 bits per heavy atom. The van der Waals surface area contributed by atoms with Crippen molar-refractivity contribution >= 4 is 22.7 Å². The first kappa shape index (κ1) is 16.0. The van der Waals surface area contributed by atoms with E-state index in [0.717, 1.165) is 22.3 Å². The van der Waals surface area contributed by atoms with Crippen molar-refractivity contribution in [3.05, 3.63) is 53.5 Å². The van der Waals surface area contributed by atoms with Gasteiger partial charge in [-0.3, -0.25) is 14.3 Å². The molecule has 0 spiro atoms. The minimum absolute atomic E-state index is 0.00875. The van der Waals surface area contributed by atoms with Gasteiger partial charge in [0.05, 0.1) is 5.69 Å². The summed E-state index contributed by atoms with van der Waals surface area (Å²) in [6.45, 7) is 5.31. The number of hydrogen-bond acceptors (Lipinski definition) is 4. The number of nitrogens with one attached hydrogen (secondary N) is 1. The number of nitrogens with zero attached hydrogens (tertiary/aromatic N) is 2. The topological polar surface area (TPSA) is 77.0 Å². The first-order chi connectivity index (χ1) is 11.5. The van der Waals surface area contributed by atoms with Gasteiger partial charge in [0, 0.05) is 28.4 Å². The molecule has 0 radical (unpaired) electrons. The van der Waals surface area contributed by atoms with Crippen molar-refractivity contribution in [2.75, 3.05) is 0 Å². The minimum atomic E-state index is -0.853. The van der Waals surface area contributed by atoms with E-state index in [0.29, 0.717) is 5.56 Å². The fourth-order valence-corrected chi connectivity index (χ4v) is 2.74. The van der Waals surface area contributed by atoms with Gasteiger partial charge in [-0.2, -0.15) is 5.10 Å². The molecule has 3 aromatic rings. The van der Waals surface area contributed by atoms with E-state index in [1.807, 2.05) is 44.2 Å². The molecule has 0 saturated heterocycles. The summed E-state index contributed by atoms with van der Waals surface area (Å²) in [5, 5.41) is 5.04. The molecule has 0 unspecified atom stereocenters. The van der Waals surface area contributed by atoms with Gasteiger partial charge in [-0.05, 0) is 32.9 Å². The molecule has 0 aliphatic carbocycles. The zero-order chi connectivity index (χ0) is 17.3. The second kappa shape index (κ2) is 6.31. The Balaban J connectivity index is 1.70. The summed E-state index contributed by atoms with van der Waals surface area (Å²) in [6, 6.07) is 9.40. The highest BCUT2D eigenvalue weighted by Gasteiger charge is 2.22. The van der Waals surface area contributed by atoms with E-state index in [1.54, 1.807) is 17.8 Å². The number of ether oxygens (including phenoxy) is 1. The number of para-hydroxylation sites is 1. The summed E-state index contributed by atoms with van der Waals surface area (Å²) in [6.07, 6.45) is 0.798. The van der Waals surface area contributed by atoms with Crippen molar-refractivity contribution in [3.8, 4) is 0 Å². The van der Waals surface area contributed by atoms with Crippen LogP contribution in [0.1, 0.15) is 28.7 Å². The molecule has 3 rings (SSSR count). The molecule has 24 heavy (non-hydrogen) atoms. The van der Waals surface area contributed by atoms with Gasteiger partial charge in [0.15, 0.2) is 6.10 Å². The highest BCUT2D eigenvalue weighted by molar-refractivity contribution is 6.10. The third-order valence-corrected chi connectivity index (χ3v) is 3.91. The minimum Gasteiger partial charge on any atom is -0.453 e. The largest absolute Gasteiger partial charge is 0.453 e. The van der Waals surface area contributed by atoms with E-state index in [2.05, 4.69) is 10.1 Å². The Hall–Kier alpha value is -2.89. The summed E-state index contributed by atoms with van der Waals surface area (Å²) in [7, 11) is 0. The molecule has 0 saturated carbocycles. The van der Waals surface area contributed by atoms with Crippen LogP contribution in [0, 0.1) is 13.8 Å². The highest BCUT2D eigenvalue weighted by Crippen LogP contribution is 2.20. The van der Waals surface area contributed by atoms with Crippen LogP contribution >= 0.6 is 0 Å². The Labute approximate surface area is 139 Å². The van der Waals surface area contributed by atoms with Crippen molar-refractivity contribution in [1.82, 2.24) is 14.8 Å². The van der Waals surface area contributed by atoms with Crippen molar-refractivity contribution < 1.29 is 14.3 Å². The first-order valence-electron chi connectivity index (χ1n) is 7.76. The van der Waals surface area contributed by atoms with E-state index < -0.39 is 12.1 Å². The summed E-state index contributed by atoms with van der Waals surface area (Å²) in [5.74, 6) is -0.712. The number of hydrogen-bond donors (Lipinski definition) is 1. The van der Waals surface area contributed by atoms with E-state index in [4.69, 9.17) is 4.74 Å². The summed E-state index contributed by atoms with van der Waals surface area (Å²) in [4.78, 5) is 27.7. The fourth-order valence-electron chi connectivity index (χ4n) is 2.74. The maximum Gasteiger partial charge on any atom is 0.328 e. The molecular weight excluding hydrogens is 306 g/mol. The van der Waals surface area contributed by atoms with Crippen LogP contribution in [0.2, 0.25) is 0 Å². The fraction of sp³-hybridized carbons (Fsp3) is 0.278. The third kappa shape index (κ3) is 3.08. The van der Waals surface area contributed by atoms with Gasteiger partial charge in [0.2, 0.25) is 5.78 Å². The van der Waals surface area contributed by atoms with Crippen LogP contribution in [-0.4, -0.2) is 32.6 Å². The van der Waals surface area contributed by atoms with Crippen LogP contribution in [0.3, 0.4) is 0 Å². The number of H-pyrrole nitrogens is 1. The lowest BCUT2D eigenvalue weighted by atomic mass is 10.1. The number of ketones is 1. The average molecular weight is 325 g/mol. The first-order valence-corrected chi connectivity index (χ1v) is 7.76. The summed E-state index contributed by atoms with van der Waals surface area (Å²) < 4.78 is 6.86. The SMILES string of the molecule is Cc1cc(C)n(CC(=O)O[C@@H](C)C(=O)c2c[nH]c3ccccc23)n1. The molecule has 0 fully saturated rings. The molecule has 6 nitrogen and oxygen atoms in total. The Kier molecular flexibility index (Phi) is 4.20. The highest BCUT2D eigenvalue weighted by atomic mass is 16.5. The number of aromatic amines is 1. The van der Waals surface area contributed by atoms with Crippen molar-refractivity contribution in [3.63, 3.8) is 0 Å². The molecule has 0 amide bonds. The molecule has 124 valence electrons. The molecule has 2 heterocycles. The number of carbonyl (C=O) groups is 2. The van der Waals surface area contributed by atoms with Crippen LogP contribution in [0.5, 0.6) is 0 Å². The molecule has 1 aromatic carbocycles. The van der Waals surface area contributed by atoms with Crippen LogP contribution < -0.4 is 0 Å². The van der Waals surface area contributed by atoms with Gasteiger partial charge in [0.25, 0.3) is 0 Å². The second-order valence-corrected chi connectivity index (χ2v) is 5.83. The van der Waals surface area contributed by atoms with E-state index in [1.165, 1.54) is 0 Å². The predicted molar refractivity (Wildman–Crippen MR) is 89.9 cm³/mol. The maximum absolute atomic E-state index is 12.6. The number of aryl methyl sites for hydroxylation is 2. The third-order valence-electron chi connectivity index (χ3n) is 3.91. The molecular formula is C18H19N3O3. The van der Waals surface area contributed by atoms with Gasteiger partial charge in [-0.25, -0.2) is 0 Å². The zero-order valence-corrected chi connectivity index (χ0v) is 13.9. The Morgan fingerprint density at radius 2 is 2.04 bits per heavy atom. The van der Waals surface area contributed by atoms with Gasteiger partial charge in [0.1, 0.15) is 6.54 Å². The van der Waals surface area contributed by atoms with Crippen molar-refractivity contribution in [2.24, 2.45) is 0 Å². The van der Waals surface area contributed by atoms with E-state index >= 15 is 0 Å². The van der Waals surface area contributed by atoms with Gasteiger partial charge in [-0.15, -0.1) is 0 Å². The lowest BCUT2D eigenvalue weighted by Gasteiger charge is -2.12. The van der Waals surface area contributed by atoms with Gasteiger partial charge < -0.3 is 9.72 Å². The quantitative estimate of drug-likeness (QED) is 0.578. The molecule has 2 aromatic heterocycles. The van der Waals surface area contributed by atoms with Crippen LogP contribution in [0.15, 0.2) is 36.5 Å². The lowest BCUT2D eigenvalue weighted by molar-refractivity contribution is -0.147. The standard InChI is InChI=1S/C18H19N3O3/c1-11-8-12(2)21(20-11)10-17(22)24-13(3)18(23)15-9-19-16-7-5-4-6-14(15)16/h4-9,13,19H,10H2,1-3H3/t13-/m0/s1.